The molecule has 0 amide bonds. The summed E-state index contributed by atoms with van der Waals surface area (Å²) in [5.41, 5.74) is -3.53. The van der Waals surface area contributed by atoms with Crippen molar-refractivity contribution in [2.75, 3.05) is 13.2 Å². The molecule has 184 valence electrons. The first-order valence-electron chi connectivity index (χ1n) is 13.0. The van der Waals surface area contributed by atoms with Crippen molar-refractivity contribution in [1.82, 2.24) is 0 Å². The average molecular weight is 469 g/mol. The normalized spacial score (nSPS) is 34.6. The van der Waals surface area contributed by atoms with Crippen molar-refractivity contribution >= 4 is 5.90 Å². The summed E-state index contributed by atoms with van der Waals surface area (Å²) in [7, 11) is 0. The van der Waals surface area contributed by atoms with Crippen molar-refractivity contribution < 1.29 is 18.9 Å². The van der Waals surface area contributed by atoms with Crippen molar-refractivity contribution in [3.63, 3.8) is 0 Å². The van der Waals surface area contributed by atoms with Crippen LogP contribution in [0, 0.1) is 56.2 Å². The van der Waals surface area contributed by atoms with Crippen molar-refractivity contribution in [1.29, 1.82) is 21.2 Å². The van der Waals surface area contributed by atoms with Crippen LogP contribution in [-0.2, 0) is 18.9 Å². The molecular formula is C26H36N4O4. The number of nitrogens with one attached hydrogen (secondary N) is 1. The minimum atomic E-state index is -1.82. The predicted molar refractivity (Wildman–Crippen MR) is 122 cm³/mol. The van der Waals surface area contributed by atoms with Gasteiger partial charge in [0.2, 0.25) is 11.7 Å². The van der Waals surface area contributed by atoms with Crippen molar-refractivity contribution in [2.24, 2.45) is 16.7 Å². The summed E-state index contributed by atoms with van der Waals surface area (Å²) in [5, 5.41) is 39.7. The summed E-state index contributed by atoms with van der Waals surface area (Å²) >= 11 is 0. The van der Waals surface area contributed by atoms with E-state index < -0.39 is 34.4 Å². The highest BCUT2D eigenvalue weighted by atomic mass is 16.7. The lowest BCUT2D eigenvalue weighted by atomic mass is 9.51. The maximum atomic E-state index is 10.4. The molecule has 1 aliphatic carbocycles. The lowest BCUT2D eigenvalue weighted by molar-refractivity contribution is -0.329. The number of unbranched alkanes of at least 4 members (excludes halogenated alkanes) is 8. The molecule has 3 saturated heterocycles. The molecule has 34 heavy (non-hydrogen) atoms. The molecule has 4 unspecified atom stereocenters. The highest BCUT2D eigenvalue weighted by Gasteiger charge is 2.81. The van der Waals surface area contributed by atoms with Crippen LogP contribution in [0.4, 0.5) is 0 Å². The van der Waals surface area contributed by atoms with Crippen LogP contribution in [0.25, 0.3) is 0 Å². The monoisotopic (exact) mass is 468 g/mol. The molecule has 4 fully saturated rings. The van der Waals surface area contributed by atoms with Gasteiger partial charge in [-0.05, 0) is 6.42 Å². The van der Waals surface area contributed by atoms with Crippen LogP contribution >= 0.6 is 0 Å². The first-order chi connectivity index (χ1) is 16.5. The first kappa shape index (κ1) is 24.9. The van der Waals surface area contributed by atoms with Gasteiger partial charge in [-0.15, -0.1) is 0 Å². The van der Waals surface area contributed by atoms with E-state index in [9.17, 15) is 15.8 Å². The number of ether oxygens (including phenoxy) is 4. The van der Waals surface area contributed by atoms with Gasteiger partial charge in [-0.1, -0.05) is 64.7 Å². The minimum absolute atomic E-state index is 0.263. The Hall–Kier alpha value is -2.18. The zero-order valence-corrected chi connectivity index (χ0v) is 20.2. The van der Waals surface area contributed by atoms with Crippen LogP contribution in [0.3, 0.4) is 0 Å². The Morgan fingerprint density at radius 2 is 1.50 bits per heavy atom. The third kappa shape index (κ3) is 3.70. The van der Waals surface area contributed by atoms with E-state index in [-0.39, 0.29) is 12.3 Å². The summed E-state index contributed by atoms with van der Waals surface area (Å²) < 4.78 is 24.2. The first-order valence-corrected chi connectivity index (χ1v) is 13.0. The van der Waals surface area contributed by atoms with E-state index in [0.717, 1.165) is 19.3 Å². The maximum Gasteiger partial charge on any atom is 0.217 e. The fourth-order valence-electron chi connectivity index (χ4n) is 6.56. The molecule has 0 radical (unpaired) electrons. The fourth-order valence-corrected chi connectivity index (χ4v) is 6.56. The van der Waals surface area contributed by atoms with Gasteiger partial charge in [0.15, 0.2) is 16.6 Å². The lowest BCUT2D eigenvalue weighted by Crippen LogP contribution is -2.65. The van der Waals surface area contributed by atoms with E-state index in [4.69, 9.17) is 24.4 Å². The second kappa shape index (κ2) is 9.82. The van der Waals surface area contributed by atoms with E-state index >= 15 is 0 Å². The molecule has 2 bridgehead atoms. The molecule has 3 heterocycles. The van der Waals surface area contributed by atoms with Gasteiger partial charge < -0.3 is 18.9 Å². The van der Waals surface area contributed by atoms with Gasteiger partial charge in [0.25, 0.3) is 0 Å². The summed E-state index contributed by atoms with van der Waals surface area (Å²) in [6.07, 6.45) is 11.3. The van der Waals surface area contributed by atoms with Gasteiger partial charge in [-0.25, -0.2) is 0 Å². The quantitative estimate of drug-likeness (QED) is 0.441. The number of rotatable bonds is 10. The standard InChI is InChI=1S/C26H36N4O4/c1-2-3-4-5-6-7-8-9-10-11-21-23(17-27,18-28)25(19-29)20-16-24(31-14-15-32-24)12-13-26(20,33-21)34-22(25)30/h20-21,30H,2-16H2,1H3. The van der Waals surface area contributed by atoms with E-state index in [1.807, 2.05) is 0 Å². The van der Waals surface area contributed by atoms with E-state index in [2.05, 4.69) is 25.1 Å². The van der Waals surface area contributed by atoms with Gasteiger partial charge in [0.1, 0.15) is 0 Å². The Bertz CT molecular complexity index is 882. The van der Waals surface area contributed by atoms with Crippen molar-refractivity contribution in [2.45, 2.75) is 108 Å². The number of nitriles is 3. The molecule has 4 atom stereocenters. The summed E-state index contributed by atoms with van der Waals surface area (Å²) in [6.45, 7) is 3.14. The largest absolute Gasteiger partial charge is 0.447 e. The van der Waals surface area contributed by atoms with Crippen molar-refractivity contribution in [3.8, 4) is 18.2 Å². The summed E-state index contributed by atoms with van der Waals surface area (Å²) in [5.74, 6) is -3.06. The van der Waals surface area contributed by atoms with Gasteiger partial charge in [0.05, 0.1) is 43.4 Å². The van der Waals surface area contributed by atoms with Gasteiger partial charge in [0, 0.05) is 19.3 Å². The van der Waals surface area contributed by atoms with Gasteiger partial charge in [-0.2, -0.15) is 15.8 Å². The second-order valence-corrected chi connectivity index (χ2v) is 10.3. The number of hydrogen-bond acceptors (Lipinski definition) is 8. The molecule has 1 N–H and O–H groups in total. The molecular weight excluding hydrogens is 432 g/mol. The van der Waals surface area contributed by atoms with Crippen LogP contribution in [-0.4, -0.2) is 36.8 Å². The number of nitrogens with zero attached hydrogens (tertiary/aromatic N) is 3. The molecule has 0 aromatic carbocycles. The van der Waals surface area contributed by atoms with Crippen LogP contribution < -0.4 is 0 Å². The third-order valence-corrected chi connectivity index (χ3v) is 8.42. The van der Waals surface area contributed by atoms with Gasteiger partial charge in [-0.3, -0.25) is 5.41 Å². The van der Waals surface area contributed by atoms with E-state index in [0.29, 0.717) is 32.5 Å². The minimum Gasteiger partial charge on any atom is -0.447 e. The van der Waals surface area contributed by atoms with Crippen LogP contribution in [0.2, 0.25) is 0 Å². The Kier molecular flexibility index (Phi) is 7.20. The zero-order chi connectivity index (χ0) is 24.3. The maximum absolute atomic E-state index is 10.4. The smallest absolute Gasteiger partial charge is 0.217 e. The summed E-state index contributed by atoms with van der Waals surface area (Å²) in [6, 6.07) is 6.52. The highest BCUT2D eigenvalue weighted by molar-refractivity contribution is 5.89. The third-order valence-electron chi connectivity index (χ3n) is 8.42. The van der Waals surface area contributed by atoms with Crippen LogP contribution in [0.1, 0.15) is 90.4 Å². The highest BCUT2D eigenvalue weighted by Crippen LogP contribution is 2.68. The summed E-state index contributed by atoms with van der Waals surface area (Å²) in [4.78, 5) is 0. The Morgan fingerprint density at radius 3 is 2.09 bits per heavy atom. The second-order valence-electron chi connectivity index (χ2n) is 10.3. The van der Waals surface area contributed by atoms with Crippen LogP contribution in [0.15, 0.2) is 0 Å². The molecule has 8 nitrogen and oxygen atoms in total. The average Bonchev–Trinajstić information content (AvgIpc) is 3.37. The molecule has 4 rings (SSSR count). The predicted octanol–water partition coefficient (Wildman–Crippen LogP) is 5.10. The molecule has 1 spiro atoms. The molecule has 1 saturated carbocycles. The SMILES string of the molecule is CCCCCCCCCCCC1OC23CCC4(CC2C(C#N)(C(=N)O3)C1(C#N)C#N)OCCO4. The lowest BCUT2D eigenvalue weighted by Gasteiger charge is -2.54. The Balaban J connectivity index is 1.49. The molecule has 0 aromatic rings. The fraction of sp³-hybridized carbons (Fsp3) is 0.846. The zero-order valence-electron chi connectivity index (χ0n) is 20.2. The number of hydrogen-bond donors (Lipinski definition) is 1. The van der Waals surface area contributed by atoms with Crippen molar-refractivity contribution in [3.05, 3.63) is 0 Å². The topological polar surface area (TPSA) is 132 Å². The molecule has 4 aliphatic rings. The molecule has 3 aliphatic heterocycles. The molecule has 8 heteroatoms. The Labute approximate surface area is 202 Å². The van der Waals surface area contributed by atoms with Crippen LogP contribution in [0.5, 0.6) is 0 Å². The molecule has 0 aromatic heterocycles. The van der Waals surface area contributed by atoms with E-state index in [1.165, 1.54) is 38.5 Å². The van der Waals surface area contributed by atoms with E-state index in [1.54, 1.807) is 0 Å². The van der Waals surface area contributed by atoms with Gasteiger partial charge >= 0.3 is 0 Å². The Morgan fingerprint density at radius 1 is 0.882 bits per heavy atom.